The van der Waals surface area contributed by atoms with Crippen LogP contribution in [0.3, 0.4) is 0 Å². The van der Waals surface area contributed by atoms with E-state index in [-0.39, 0.29) is 13.5 Å². The van der Waals surface area contributed by atoms with Crippen molar-refractivity contribution in [1.29, 1.82) is 0 Å². The molecule has 1 saturated heterocycles. The smallest absolute Gasteiger partial charge is 0.256 e. The van der Waals surface area contributed by atoms with Gasteiger partial charge in [0.15, 0.2) is 0 Å². The fourth-order valence-corrected chi connectivity index (χ4v) is 4.35. The second kappa shape index (κ2) is 9.65. The van der Waals surface area contributed by atoms with Gasteiger partial charge in [-0.1, -0.05) is 19.3 Å². The minimum absolute atomic E-state index is 0. The van der Waals surface area contributed by atoms with Crippen LogP contribution in [-0.2, 0) is 4.79 Å². The van der Waals surface area contributed by atoms with Gasteiger partial charge in [0, 0.05) is 32.3 Å². The second-order valence-electron chi connectivity index (χ2n) is 8.79. The summed E-state index contributed by atoms with van der Waals surface area (Å²) in [6.45, 7) is 3.46. The lowest BCUT2D eigenvalue weighted by Gasteiger charge is -2.37. The van der Waals surface area contributed by atoms with Crippen LogP contribution in [0.4, 0.5) is 0 Å². The summed E-state index contributed by atoms with van der Waals surface area (Å²) < 4.78 is 0. The van der Waals surface area contributed by atoms with Crippen LogP contribution in [-0.4, -0.2) is 42.1 Å². The Balaban J connectivity index is 0.00000300. The van der Waals surface area contributed by atoms with E-state index in [1.165, 1.54) is 32.1 Å². The molecule has 3 fully saturated rings. The summed E-state index contributed by atoms with van der Waals surface area (Å²) in [5, 5.41) is 6.73. The van der Waals surface area contributed by atoms with Crippen molar-refractivity contribution in [2.45, 2.75) is 83.0 Å². The van der Waals surface area contributed by atoms with E-state index >= 15 is 0 Å². The Morgan fingerprint density at radius 2 is 1.64 bits per heavy atom. The van der Waals surface area contributed by atoms with Gasteiger partial charge in [0.25, 0.3) is 5.91 Å². The van der Waals surface area contributed by atoms with Gasteiger partial charge in [-0.05, 0) is 57.4 Å². The fourth-order valence-electron chi connectivity index (χ4n) is 4.35. The van der Waals surface area contributed by atoms with Gasteiger partial charge in [-0.15, -0.1) is 0 Å². The molecule has 7 nitrogen and oxygen atoms in total. The first-order chi connectivity index (χ1) is 13.4. The van der Waals surface area contributed by atoms with E-state index in [2.05, 4.69) is 15.5 Å². The predicted molar refractivity (Wildman–Crippen MR) is 115 cm³/mol. The average Bonchev–Trinajstić information content (AvgIpc) is 3.52. The molecule has 1 unspecified atom stereocenters. The van der Waals surface area contributed by atoms with E-state index in [0.29, 0.717) is 35.1 Å². The topological polar surface area (TPSA) is 122 Å². The van der Waals surface area contributed by atoms with Crippen molar-refractivity contribution in [1.82, 2.24) is 15.5 Å². The maximum absolute atomic E-state index is 12.8. The van der Waals surface area contributed by atoms with Gasteiger partial charge >= 0.3 is 0 Å². The molecule has 8 N–H and O–H groups in total. The molecule has 0 aromatic rings. The highest BCUT2D eigenvalue weighted by molar-refractivity contribution is 5.97. The Bertz CT molecular complexity index is 600. The number of nitrogens with one attached hydrogen (secondary N) is 2. The van der Waals surface area contributed by atoms with Gasteiger partial charge < -0.3 is 32.7 Å². The van der Waals surface area contributed by atoms with Crippen LogP contribution in [0.1, 0.15) is 66.1 Å². The molecule has 160 valence electrons. The van der Waals surface area contributed by atoms with Gasteiger partial charge in [-0.25, -0.2) is 0 Å². The quantitative estimate of drug-likeness (QED) is 0.254. The Morgan fingerprint density at radius 3 is 2.21 bits per heavy atom. The molecule has 0 spiro atoms. The van der Waals surface area contributed by atoms with Gasteiger partial charge in [0.1, 0.15) is 5.82 Å². The lowest BCUT2D eigenvalue weighted by molar-refractivity contribution is -0.118. The first-order valence-electron chi connectivity index (χ1n) is 10.9. The number of likely N-dealkylation sites (tertiary alicyclic amines) is 1. The third-order valence-corrected chi connectivity index (χ3v) is 6.23. The van der Waals surface area contributed by atoms with Crippen molar-refractivity contribution >= 4 is 5.91 Å². The number of rotatable bonds is 7. The zero-order valence-electron chi connectivity index (χ0n) is 17.3. The van der Waals surface area contributed by atoms with Crippen LogP contribution < -0.4 is 27.8 Å². The summed E-state index contributed by atoms with van der Waals surface area (Å²) >= 11 is 0. The molecule has 0 bridgehead atoms. The molecule has 2 aliphatic carbocycles. The monoisotopic (exact) mass is 392 g/mol. The molecule has 0 aromatic heterocycles. The molecule has 2 saturated carbocycles. The molecular formula is C21H40N6O. The first kappa shape index (κ1) is 21.0. The van der Waals surface area contributed by atoms with E-state index in [9.17, 15) is 4.79 Å². The molecule has 7 heteroatoms. The number of piperidine rings is 1. The lowest BCUT2D eigenvalue weighted by atomic mass is 9.93. The summed E-state index contributed by atoms with van der Waals surface area (Å²) in [4.78, 5) is 14.9. The number of carbonyl (C=O) groups excluding carboxylic acids is 1. The SMILES string of the molecule is C/C(N)=C/C(C(=O)NC(N)C1CC1)=C(\N)N1CCC(NC2CCCCC2)CC1.[HH]. The molecular weight excluding hydrogens is 352 g/mol. The fraction of sp³-hybridized carbons (Fsp3) is 0.762. The molecule has 1 amide bonds. The van der Waals surface area contributed by atoms with Gasteiger partial charge in [0.2, 0.25) is 0 Å². The highest BCUT2D eigenvalue weighted by atomic mass is 16.1. The Hall–Kier alpha value is -1.73. The molecule has 28 heavy (non-hydrogen) atoms. The van der Waals surface area contributed by atoms with Crippen LogP contribution in [0, 0.1) is 5.92 Å². The Kier molecular flexibility index (Phi) is 7.24. The van der Waals surface area contributed by atoms with Crippen molar-refractivity contribution in [2.24, 2.45) is 23.1 Å². The van der Waals surface area contributed by atoms with Crippen LogP contribution in [0.15, 0.2) is 23.2 Å². The van der Waals surface area contributed by atoms with Crippen molar-refractivity contribution in [3.05, 3.63) is 23.2 Å². The van der Waals surface area contributed by atoms with Gasteiger partial charge in [-0.3, -0.25) is 4.79 Å². The Morgan fingerprint density at radius 1 is 1.04 bits per heavy atom. The van der Waals surface area contributed by atoms with Crippen LogP contribution in [0.2, 0.25) is 0 Å². The number of allylic oxidation sites excluding steroid dienone is 1. The minimum Gasteiger partial charge on any atom is -0.402 e. The molecule has 0 aromatic carbocycles. The van der Waals surface area contributed by atoms with Gasteiger partial charge in [-0.2, -0.15) is 0 Å². The normalized spacial score (nSPS) is 24.6. The number of hydrogen-bond acceptors (Lipinski definition) is 6. The third kappa shape index (κ3) is 5.88. The van der Waals surface area contributed by atoms with Gasteiger partial charge in [0.05, 0.1) is 11.7 Å². The maximum atomic E-state index is 12.8. The predicted octanol–water partition coefficient (Wildman–Crippen LogP) is 1.46. The summed E-state index contributed by atoms with van der Waals surface area (Å²) in [7, 11) is 0. The van der Waals surface area contributed by atoms with Crippen LogP contribution in [0.25, 0.3) is 0 Å². The molecule has 1 atom stereocenters. The summed E-state index contributed by atoms with van der Waals surface area (Å²) in [5.41, 5.74) is 19.3. The third-order valence-electron chi connectivity index (χ3n) is 6.23. The van der Waals surface area contributed by atoms with Crippen LogP contribution >= 0.6 is 0 Å². The molecule has 1 aliphatic heterocycles. The molecule has 3 rings (SSSR count). The zero-order valence-corrected chi connectivity index (χ0v) is 17.3. The maximum Gasteiger partial charge on any atom is 0.256 e. The Labute approximate surface area is 170 Å². The number of hydrogen-bond donors (Lipinski definition) is 5. The standard InChI is InChI=1S/C21H38N6O.H2/c1-14(22)13-18(21(28)26-19(23)15-7-8-15)20(24)27-11-9-17(10-12-27)25-16-5-3-2-4-6-16;/h13,15-17,19,25H,2-12,22-24H2,1H3,(H,26,28);1H/b14-13-,20-18-;. The second-order valence-corrected chi connectivity index (χ2v) is 8.79. The zero-order chi connectivity index (χ0) is 20.1. The van der Waals surface area contributed by atoms with Crippen molar-refractivity contribution in [3.63, 3.8) is 0 Å². The number of carbonyl (C=O) groups is 1. The largest absolute Gasteiger partial charge is 0.402 e. The molecule has 1 heterocycles. The number of nitrogens with zero attached hydrogens (tertiary/aromatic N) is 1. The van der Waals surface area contributed by atoms with Crippen molar-refractivity contribution in [2.75, 3.05) is 13.1 Å². The van der Waals surface area contributed by atoms with E-state index in [1.54, 1.807) is 13.0 Å². The van der Waals surface area contributed by atoms with Crippen LogP contribution in [0.5, 0.6) is 0 Å². The average molecular weight is 393 g/mol. The highest BCUT2D eigenvalue weighted by Crippen LogP contribution is 2.30. The summed E-state index contributed by atoms with van der Waals surface area (Å²) in [5.74, 6) is 0.654. The van der Waals surface area contributed by atoms with E-state index in [0.717, 1.165) is 38.8 Å². The highest BCUT2D eigenvalue weighted by Gasteiger charge is 2.31. The molecule has 3 aliphatic rings. The van der Waals surface area contributed by atoms with E-state index < -0.39 is 0 Å². The number of nitrogens with two attached hydrogens (primary N) is 3. The van der Waals surface area contributed by atoms with Crippen molar-refractivity contribution in [3.8, 4) is 0 Å². The summed E-state index contributed by atoms with van der Waals surface area (Å²) in [6, 6.07) is 1.21. The first-order valence-corrected chi connectivity index (χ1v) is 10.9. The number of amides is 1. The summed E-state index contributed by atoms with van der Waals surface area (Å²) in [6.07, 6.45) is 12.2. The minimum atomic E-state index is -0.313. The van der Waals surface area contributed by atoms with Crippen molar-refractivity contribution < 1.29 is 6.22 Å². The van der Waals surface area contributed by atoms with E-state index in [4.69, 9.17) is 17.2 Å². The lowest BCUT2D eigenvalue weighted by Crippen LogP contribution is -2.48. The molecule has 0 radical (unpaired) electrons. The van der Waals surface area contributed by atoms with E-state index in [1.807, 2.05) is 0 Å².